The van der Waals surface area contributed by atoms with E-state index in [9.17, 15) is 9.90 Å². The van der Waals surface area contributed by atoms with Gasteiger partial charge in [0.05, 0.1) is 18.6 Å². The van der Waals surface area contributed by atoms with Crippen LogP contribution in [0.5, 0.6) is 0 Å². The molecule has 3 nitrogen and oxygen atoms in total. The topological polar surface area (TPSA) is 46.5 Å². The van der Waals surface area contributed by atoms with Crippen LogP contribution in [0.15, 0.2) is 30.3 Å². The molecule has 0 aromatic heterocycles. The zero-order valence-corrected chi connectivity index (χ0v) is 9.01. The Morgan fingerprint density at radius 3 is 2.53 bits per heavy atom. The fourth-order valence-corrected chi connectivity index (χ4v) is 1.34. The van der Waals surface area contributed by atoms with Gasteiger partial charge in [0.15, 0.2) is 0 Å². The van der Waals surface area contributed by atoms with Gasteiger partial charge < -0.3 is 9.84 Å². The van der Waals surface area contributed by atoms with Crippen LogP contribution in [-0.2, 0) is 9.53 Å². The molecule has 0 heterocycles. The van der Waals surface area contributed by atoms with Gasteiger partial charge in [0.2, 0.25) is 0 Å². The highest BCUT2D eigenvalue weighted by atomic mass is 16.5. The van der Waals surface area contributed by atoms with E-state index in [0.29, 0.717) is 6.61 Å². The summed E-state index contributed by atoms with van der Waals surface area (Å²) in [6.07, 6.45) is -0.801. The molecular formula is C12H16O3. The van der Waals surface area contributed by atoms with E-state index in [1.807, 2.05) is 18.2 Å². The Bertz CT molecular complexity index is 308. The van der Waals surface area contributed by atoms with Gasteiger partial charge in [-0.3, -0.25) is 4.79 Å². The summed E-state index contributed by atoms with van der Waals surface area (Å²) < 4.78 is 4.85. The molecule has 0 spiro atoms. The standard InChI is InChI=1S/C12H16O3/c1-3-15-12(14)9(2)11(13)10-7-5-4-6-8-10/h4-9,11,13H,3H2,1-2H3/t9-,11+/m0/s1. The number of ether oxygens (including phenoxy) is 1. The summed E-state index contributed by atoms with van der Waals surface area (Å²) in [5, 5.41) is 9.89. The van der Waals surface area contributed by atoms with Crippen molar-refractivity contribution >= 4 is 5.97 Å². The average Bonchev–Trinajstić information content (AvgIpc) is 2.28. The number of carbonyl (C=O) groups is 1. The third kappa shape index (κ3) is 3.06. The van der Waals surface area contributed by atoms with Crippen LogP contribution in [0.25, 0.3) is 0 Å². The summed E-state index contributed by atoms with van der Waals surface area (Å²) in [5.74, 6) is -0.902. The lowest BCUT2D eigenvalue weighted by molar-refractivity contribution is -0.151. The highest BCUT2D eigenvalue weighted by Gasteiger charge is 2.24. The molecule has 0 saturated heterocycles. The minimum Gasteiger partial charge on any atom is -0.466 e. The molecule has 0 aliphatic carbocycles. The molecular weight excluding hydrogens is 192 g/mol. The lowest BCUT2D eigenvalue weighted by Gasteiger charge is -2.17. The minimum absolute atomic E-state index is 0.338. The third-order valence-corrected chi connectivity index (χ3v) is 2.27. The number of rotatable bonds is 4. The molecule has 0 aliphatic heterocycles. The summed E-state index contributed by atoms with van der Waals surface area (Å²) >= 11 is 0. The summed E-state index contributed by atoms with van der Waals surface area (Å²) in [7, 11) is 0. The Kier molecular flexibility index (Phi) is 4.31. The van der Waals surface area contributed by atoms with Gasteiger partial charge in [0.25, 0.3) is 0 Å². The first-order valence-electron chi connectivity index (χ1n) is 5.06. The number of benzene rings is 1. The van der Waals surface area contributed by atoms with Gasteiger partial charge >= 0.3 is 5.97 Å². The molecule has 2 atom stereocenters. The van der Waals surface area contributed by atoms with E-state index in [4.69, 9.17) is 4.74 Å². The molecule has 0 radical (unpaired) electrons. The molecule has 0 unspecified atom stereocenters. The first-order valence-corrected chi connectivity index (χ1v) is 5.06. The Balaban J connectivity index is 2.68. The van der Waals surface area contributed by atoms with Crippen LogP contribution in [0, 0.1) is 5.92 Å². The monoisotopic (exact) mass is 208 g/mol. The molecule has 1 aromatic rings. The van der Waals surface area contributed by atoms with Crippen LogP contribution in [-0.4, -0.2) is 17.7 Å². The summed E-state index contributed by atoms with van der Waals surface area (Å²) in [6, 6.07) is 9.11. The van der Waals surface area contributed by atoms with Crippen molar-refractivity contribution in [2.75, 3.05) is 6.61 Å². The van der Waals surface area contributed by atoms with E-state index in [2.05, 4.69) is 0 Å². The highest BCUT2D eigenvalue weighted by Crippen LogP contribution is 2.22. The van der Waals surface area contributed by atoms with E-state index in [1.165, 1.54) is 0 Å². The van der Waals surface area contributed by atoms with Crippen LogP contribution in [0.2, 0.25) is 0 Å². The van der Waals surface area contributed by atoms with Crippen molar-refractivity contribution in [3.63, 3.8) is 0 Å². The van der Waals surface area contributed by atoms with Crippen molar-refractivity contribution in [2.24, 2.45) is 5.92 Å². The average molecular weight is 208 g/mol. The predicted molar refractivity (Wildman–Crippen MR) is 57.2 cm³/mol. The Morgan fingerprint density at radius 1 is 1.40 bits per heavy atom. The van der Waals surface area contributed by atoms with E-state index in [1.54, 1.807) is 26.0 Å². The predicted octanol–water partition coefficient (Wildman–Crippen LogP) is 1.92. The van der Waals surface area contributed by atoms with Gasteiger partial charge in [-0.1, -0.05) is 30.3 Å². The lowest BCUT2D eigenvalue weighted by atomic mass is 9.98. The van der Waals surface area contributed by atoms with Crippen molar-refractivity contribution < 1.29 is 14.6 Å². The van der Waals surface area contributed by atoms with E-state index < -0.39 is 12.0 Å². The molecule has 15 heavy (non-hydrogen) atoms. The summed E-state index contributed by atoms with van der Waals surface area (Å²) in [5.41, 5.74) is 0.734. The molecule has 1 aromatic carbocycles. The van der Waals surface area contributed by atoms with Gasteiger partial charge in [0, 0.05) is 0 Å². The van der Waals surface area contributed by atoms with Gasteiger partial charge in [-0.2, -0.15) is 0 Å². The molecule has 0 aliphatic rings. The molecule has 0 fully saturated rings. The Morgan fingerprint density at radius 2 is 2.00 bits per heavy atom. The molecule has 1 N–H and O–H groups in total. The second-order valence-electron chi connectivity index (χ2n) is 3.40. The smallest absolute Gasteiger partial charge is 0.311 e. The van der Waals surface area contributed by atoms with Gasteiger partial charge in [-0.15, -0.1) is 0 Å². The highest BCUT2D eigenvalue weighted by molar-refractivity contribution is 5.72. The normalized spacial score (nSPS) is 14.3. The first-order chi connectivity index (χ1) is 7.16. The van der Waals surface area contributed by atoms with Gasteiger partial charge in [-0.25, -0.2) is 0 Å². The Labute approximate surface area is 89.7 Å². The maximum Gasteiger partial charge on any atom is 0.311 e. The minimum atomic E-state index is -0.801. The van der Waals surface area contributed by atoms with Crippen molar-refractivity contribution in [1.82, 2.24) is 0 Å². The molecule has 0 bridgehead atoms. The van der Waals surface area contributed by atoms with Crippen LogP contribution >= 0.6 is 0 Å². The maximum atomic E-state index is 11.4. The number of aliphatic hydroxyl groups excluding tert-OH is 1. The number of hydrogen-bond acceptors (Lipinski definition) is 3. The quantitative estimate of drug-likeness (QED) is 0.769. The van der Waals surface area contributed by atoms with Gasteiger partial charge in [-0.05, 0) is 19.4 Å². The molecule has 82 valence electrons. The molecule has 3 heteroatoms. The van der Waals surface area contributed by atoms with Crippen LogP contribution in [0.1, 0.15) is 25.5 Å². The van der Waals surface area contributed by atoms with E-state index in [-0.39, 0.29) is 5.97 Å². The third-order valence-electron chi connectivity index (χ3n) is 2.27. The first kappa shape index (κ1) is 11.7. The molecule has 0 saturated carbocycles. The van der Waals surface area contributed by atoms with Gasteiger partial charge in [0.1, 0.15) is 0 Å². The summed E-state index contributed by atoms with van der Waals surface area (Å²) in [4.78, 5) is 11.4. The number of carbonyl (C=O) groups excluding carboxylic acids is 1. The second kappa shape index (κ2) is 5.51. The van der Waals surface area contributed by atoms with Crippen molar-refractivity contribution in [3.05, 3.63) is 35.9 Å². The maximum absolute atomic E-state index is 11.4. The molecule has 0 amide bonds. The fraction of sp³-hybridized carbons (Fsp3) is 0.417. The van der Waals surface area contributed by atoms with Crippen LogP contribution in [0.4, 0.5) is 0 Å². The fourth-order valence-electron chi connectivity index (χ4n) is 1.34. The zero-order valence-electron chi connectivity index (χ0n) is 9.01. The number of hydrogen-bond donors (Lipinski definition) is 1. The zero-order chi connectivity index (χ0) is 11.3. The van der Waals surface area contributed by atoms with Crippen molar-refractivity contribution in [1.29, 1.82) is 0 Å². The number of aliphatic hydroxyl groups is 1. The Hall–Kier alpha value is -1.35. The lowest BCUT2D eigenvalue weighted by Crippen LogP contribution is -2.21. The van der Waals surface area contributed by atoms with E-state index >= 15 is 0 Å². The second-order valence-corrected chi connectivity index (χ2v) is 3.40. The largest absolute Gasteiger partial charge is 0.466 e. The van der Waals surface area contributed by atoms with Crippen molar-refractivity contribution in [3.8, 4) is 0 Å². The number of esters is 1. The van der Waals surface area contributed by atoms with Crippen LogP contribution < -0.4 is 0 Å². The van der Waals surface area contributed by atoms with E-state index in [0.717, 1.165) is 5.56 Å². The molecule has 1 rings (SSSR count). The SMILES string of the molecule is CCOC(=O)[C@@H](C)[C@@H](O)c1ccccc1. The summed E-state index contributed by atoms with van der Waals surface area (Å²) in [6.45, 7) is 3.75. The van der Waals surface area contributed by atoms with Crippen LogP contribution in [0.3, 0.4) is 0 Å². The van der Waals surface area contributed by atoms with Crippen molar-refractivity contribution in [2.45, 2.75) is 20.0 Å².